The van der Waals surface area contributed by atoms with Crippen LogP contribution in [0.3, 0.4) is 0 Å². The number of carbonyl (C=O) groups is 1. The Morgan fingerprint density at radius 2 is 1.74 bits per heavy atom. The molecule has 2 N–H and O–H groups in total. The second-order valence-corrected chi connectivity index (χ2v) is 9.88. The lowest BCUT2D eigenvalue weighted by Crippen LogP contribution is -2.38. The molecule has 10 heteroatoms. The van der Waals surface area contributed by atoms with Crippen molar-refractivity contribution in [3.63, 3.8) is 0 Å². The van der Waals surface area contributed by atoms with Crippen molar-refractivity contribution in [1.82, 2.24) is 19.4 Å². The molecule has 0 atom stereocenters. The van der Waals surface area contributed by atoms with Crippen LogP contribution in [0.2, 0.25) is 0 Å². The summed E-state index contributed by atoms with van der Waals surface area (Å²) in [6.07, 6.45) is 2.45. The predicted molar refractivity (Wildman–Crippen MR) is 130 cm³/mol. The molecule has 0 bridgehead atoms. The van der Waals surface area contributed by atoms with Crippen LogP contribution in [0, 0.1) is 6.92 Å². The van der Waals surface area contributed by atoms with Crippen molar-refractivity contribution >= 4 is 21.6 Å². The van der Waals surface area contributed by atoms with Crippen molar-refractivity contribution in [3.05, 3.63) is 72.1 Å². The van der Waals surface area contributed by atoms with Crippen molar-refractivity contribution in [2.24, 2.45) is 0 Å². The van der Waals surface area contributed by atoms with E-state index >= 15 is 0 Å². The first-order chi connectivity index (χ1) is 16.4. The molecular weight excluding hydrogens is 454 g/mol. The monoisotopic (exact) mass is 483 g/mol. The molecule has 9 nitrogen and oxygen atoms in total. The quantitative estimate of drug-likeness (QED) is 0.453. The summed E-state index contributed by atoms with van der Waals surface area (Å²) in [5.41, 5.74) is 2.88. The first-order valence-corrected chi connectivity index (χ1v) is 12.7. The maximum absolute atomic E-state index is 12.6. The van der Waals surface area contributed by atoms with Crippen molar-refractivity contribution in [2.45, 2.75) is 18.2 Å². The van der Waals surface area contributed by atoms with Crippen LogP contribution in [-0.4, -0.2) is 68.4 Å². The maximum atomic E-state index is 12.6. The molecule has 1 aromatic heterocycles. The molecule has 0 radical (unpaired) electrons. The molecule has 0 unspecified atom stereocenters. The molecule has 1 fully saturated rings. The molecule has 2 heterocycles. The van der Waals surface area contributed by atoms with Gasteiger partial charge in [-0.15, -0.1) is 0 Å². The zero-order valence-corrected chi connectivity index (χ0v) is 19.9. The van der Waals surface area contributed by atoms with Crippen molar-refractivity contribution in [2.75, 3.05) is 44.7 Å². The number of anilines is 1. The largest absolute Gasteiger partial charge is 0.379 e. The van der Waals surface area contributed by atoms with E-state index in [4.69, 9.17) is 4.74 Å². The van der Waals surface area contributed by atoms with Crippen molar-refractivity contribution < 1.29 is 17.9 Å². The van der Waals surface area contributed by atoms with Gasteiger partial charge in [-0.05, 0) is 74.5 Å². The number of nitrogens with zero attached hydrogens (tertiary/aromatic N) is 3. The second kappa shape index (κ2) is 10.9. The molecule has 34 heavy (non-hydrogen) atoms. The maximum Gasteiger partial charge on any atom is 0.255 e. The number of hydrogen-bond donors (Lipinski definition) is 2. The summed E-state index contributed by atoms with van der Waals surface area (Å²) >= 11 is 0. The number of carbonyl (C=O) groups excluding carboxylic acids is 1. The summed E-state index contributed by atoms with van der Waals surface area (Å²) < 4.78 is 34.9. The Hall–Kier alpha value is -3.05. The summed E-state index contributed by atoms with van der Waals surface area (Å²) in [5, 5.41) is 7.06. The third kappa shape index (κ3) is 6.09. The lowest BCUT2D eigenvalue weighted by Gasteiger charge is -2.26. The number of morpholine rings is 1. The Morgan fingerprint density at radius 1 is 1.03 bits per heavy atom. The molecule has 1 aliphatic rings. The predicted octanol–water partition coefficient (Wildman–Crippen LogP) is 2.43. The van der Waals surface area contributed by atoms with Gasteiger partial charge >= 0.3 is 0 Å². The average Bonchev–Trinajstić information content (AvgIpc) is 3.29. The fraction of sp³-hybridized carbons (Fsp3) is 0.333. The second-order valence-electron chi connectivity index (χ2n) is 8.12. The minimum atomic E-state index is -3.60. The van der Waals surface area contributed by atoms with E-state index in [0.717, 1.165) is 50.7 Å². The summed E-state index contributed by atoms with van der Waals surface area (Å²) in [5.74, 6) is -0.277. The van der Waals surface area contributed by atoms with Gasteiger partial charge in [0.1, 0.15) is 0 Å². The number of sulfonamides is 1. The summed E-state index contributed by atoms with van der Waals surface area (Å²) in [6, 6.07) is 15.2. The van der Waals surface area contributed by atoms with Crippen LogP contribution in [0.25, 0.3) is 5.69 Å². The molecule has 180 valence electrons. The van der Waals surface area contributed by atoms with E-state index in [0.29, 0.717) is 17.8 Å². The van der Waals surface area contributed by atoms with E-state index in [1.54, 1.807) is 35.1 Å². The van der Waals surface area contributed by atoms with Crippen LogP contribution >= 0.6 is 0 Å². The van der Waals surface area contributed by atoms with E-state index in [-0.39, 0.29) is 10.8 Å². The topological polar surface area (TPSA) is 106 Å². The van der Waals surface area contributed by atoms with E-state index in [2.05, 4.69) is 20.0 Å². The smallest absolute Gasteiger partial charge is 0.255 e. The normalized spacial score (nSPS) is 14.7. The molecule has 3 aromatic rings. The molecule has 1 aliphatic heterocycles. The summed E-state index contributed by atoms with van der Waals surface area (Å²) in [4.78, 5) is 15.0. The van der Waals surface area contributed by atoms with Crippen LogP contribution < -0.4 is 10.0 Å². The van der Waals surface area contributed by atoms with Crippen molar-refractivity contribution in [1.29, 1.82) is 0 Å². The first-order valence-electron chi connectivity index (χ1n) is 11.2. The number of amides is 1. The number of rotatable bonds is 9. The van der Waals surface area contributed by atoms with Gasteiger partial charge in [-0.1, -0.05) is 0 Å². The lowest BCUT2D eigenvalue weighted by atomic mass is 10.2. The number of hydrogen-bond acceptors (Lipinski definition) is 6. The first kappa shape index (κ1) is 24.1. The molecule has 0 aliphatic carbocycles. The molecule has 0 saturated carbocycles. The van der Waals surface area contributed by atoms with Gasteiger partial charge in [0.2, 0.25) is 10.0 Å². The number of nitrogens with one attached hydrogen (secondary N) is 2. The van der Waals surface area contributed by atoms with Gasteiger partial charge in [0, 0.05) is 42.8 Å². The Balaban J connectivity index is 1.29. The average molecular weight is 484 g/mol. The highest BCUT2D eigenvalue weighted by molar-refractivity contribution is 7.89. The van der Waals surface area contributed by atoms with E-state index in [1.807, 2.05) is 25.1 Å². The van der Waals surface area contributed by atoms with Crippen LogP contribution in [-0.2, 0) is 14.8 Å². The highest BCUT2D eigenvalue weighted by Crippen LogP contribution is 2.16. The number of aryl methyl sites for hydroxylation is 1. The Morgan fingerprint density at radius 3 is 2.38 bits per heavy atom. The number of aromatic nitrogens is 2. The number of benzene rings is 2. The van der Waals surface area contributed by atoms with Gasteiger partial charge in [0.05, 0.1) is 23.8 Å². The fourth-order valence-corrected chi connectivity index (χ4v) is 4.81. The zero-order chi connectivity index (χ0) is 24.0. The standard InChI is InChI=1S/C24H29N5O4S/c1-19-11-13-25-29(19)22-7-3-20(4-8-22)24(30)27-21-5-9-23(10-6-21)34(31,32)26-12-2-14-28-15-17-33-18-16-28/h3-11,13,26H,2,12,14-18H2,1H3,(H,27,30). The molecule has 1 saturated heterocycles. The Kier molecular flexibility index (Phi) is 7.73. The van der Waals surface area contributed by atoms with Gasteiger partial charge in [-0.2, -0.15) is 5.10 Å². The fourth-order valence-electron chi connectivity index (χ4n) is 3.73. The van der Waals surface area contributed by atoms with Gasteiger partial charge in [-0.3, -0.25) is 9.69 Å². The minimum absolute atomic E-state index is 0.163. The van der Waals surface area contributed by atoms with Gasteiger partial charge in [0.25, 0.3) is 5.91 Å². The SMILES string of the molecule is Cc1ccnn1-c1ccc(C(=O)Nc2ccc(S(=O)(=O)NCCCN3CCOCC3)cc2)cc1. The highest BCUT2D eigenvalue weighted by atomic mass is 32.2. The Labute approximate surface area is 199 Å². The van der Waals surface area contributed by atoms with E-state index < -0.39 is 10.0 Å². The van der Waals surface area contributed by atoms with Crippen molar-refractivity contribution in [3.8, 4) is 5.69 Å². The molecule has 0 spiro atoms. The minimum Gasteiger partial charge on any atom is -0.379 e. The zero-order valence-electron chi connectivity index (χ0n) is 19.1. The lowest BCUT2D eigenvalue weighted by molar-refractivity contribution is 0.0376. The molecule has 2 aromatic carbocycles. The van der Waals surface area contributed by atoms with Crippen LogP contribution in [0.5, 0.6) is 0 Å². The van der Waals surface area contributed by atoms with Gasteiger partial charge < -0.3 is 10.1 Å². The summed E-state index contributed by atoms with van der Waals surface area (Å²) in [7, 11) is -3.60. The van der Waals surface area contributed by atoms with E-state index in [9.17, 15) is 13.2 Å². The molecule has 1 amide bonds. The van der Waals surface area contributed by atoms with Crippen LogP contribution in [0.4, 0.5) is 5.69 Å². The molecular formula is C24H29N5O4S. The van der Waals surface area contributed by atoms with Crippen LogP contribution in [0.15, 0.2) is 65.7 Å². The third-order valence-electron chi connectivity index (χ3n) is 5.68. The van der Waals surface area contributed by atoms with Gasteiger partial charge in [0.15, 0.2) is 0 Å². The van der Waals surface area contributed by atoms with Gasteiger partial charge in [-0.25, -0.2) is 17.8 Å². The number of ether oxygens (including phenoxy) is 1. The van der Waals surface area contributed by atoms with Crippen LogP contribution in [0.1, 0.15) is 22.5 Å². The summed E-state index contributed by atoms with van der Waals surface area (Å²) in [6.45, 7) is 6.38. The molecule has 4 rings (SSSR count). The third-order valence-corrected chi connectivity index (χ3v) is 7.15. The van der Waals surface area contributed by atoms with E-state index in [1.165, 1.54) is 12.1 Å². The Bertz CT molecular complexity index is 1200. The highest BCUT2D eigenvalue weighted by Gasteiger charge is 2.15.